The third-order valence-electron chi connectivity index (χ3n) is 11.0. The third-order valence-corrected chi connectivity index (χ3v) is 12.1. The fourth-order valence-electron chi connectivity index (χ4n) is 8.61. The maximum Gasteiger partial charge on any atom is 0.160 e. The van der Waals surface area contributed by atoms with E-state index in [2.05, 4.69) is 174 Å². The van der Waals surface area contributed by atoms with E-state index in [0.717, 1.165) is 71.6 Å². The van der Waals surface area contributed by atoms with E-state index < -0.39 is 0 Å². The molecule has 0 N–H and O–H groups in total. The lowest BCUT2D eigenvalue weighted by Crippen LogP contribution is -1.97. The topological polar surface area (TPSA) is 31.0 Å². The van der Waals surface area contributed by atoms with Crippen molar-refractivity contribution in [1.29, 1.82) is 0 Å². The van der Waals surface area contributed by atoms with E-state index in [1.807, 2.05) is 11.3 Å². The Kier molecular flexibility index (Phi) is 5.93. The summed E-state index contributed by atoms with van der Waals surface area (Å²) in [5, 5.41) is 10.6. The van der Waals surface area contributed by atoms with Crippen LogP contribution in [0.25, 0.3) is 114 Å². The van der Waals surface area contributed by atoms with Gasteiger partial charge in [-0.05, 0) is 65.7 Å². The van der Waals surface area contributed by atoms with Gasteiger partial charge in [-0.25, -0.2) is 4.98 Å². The van der Waals surface area contributed by atoms with Gasteiger partial charge in [-0.1, -0.05) is 115 Å². The molecular weight excluding hydrogens is 665 g/mol. The zero-order valence-electron chi connectivity index (χ0n) is 28.4. The summed E-state index contributed by atoms with van der Waals surface area (Å²) < 4.78 is 12.0. The zero-order valence-corrected chi connectivity index (χ0v) is 29.2. The van der Waals surface area contributed by atoms with Gasteiger partial charge in [-0.2, -0.15) is 0 Å². The summed E-state index contributed by atoms with van der Waals surface area (Å²) in [7, 11) is 0. The molecule has 12 rings (SSSR count). The first kappa shape index (κ1) is 28.9. The number of furan rings is 1. The number of aromatic nitrogens is 2. The molecule has 4 heteroatoms. The molecule has 246 valence electrons. The molecule has 0 saturated heterocycles. The molecule has 4 aromatic heterocycles. The summed E-state index contributed by atoms with van der Waals surface area (Å²) in [4.78, 5) is 5.33. The molecular formula is C49H28N2OS. The second-order valence-electron chi connectivity index (χ2n) is 13.9. The van der Waals surface area contributed by atoms with Crippen LogP contribution in [0.3, 0.4) is 0 Å². The van der Waals surface area contributed by atoms with Gasteiger partial charge < -0.3 is 8.98 Å². The minimum Gasteiger partial charge on any atom is -0.454 e. The van der Waals surface area contributed by atoms with Crippen molar-refractivity contribution in [3.8, 4) is 28.1 Å². The van der Waals surface area contributed by atoms with Crippen LogP contribution in [0.15, 0.2) is 174 Å². The SMILES string of the molecule is c1ccc(-c2nc3ccccc3c3c2cc(-n2c4ccccc4c4cc(-c5ccc6sc7ccccc7c6c5)ccc42)c2oc4ccccc4c23)cc1. The van der Waals surface area contributed by atoms with Gasteiger partial charge >= 0.3 is 0 Å². The first-order chi connectivity index (χ1) is 26.3. The average molecular weight is 693 g/mol. The van der Waals surface area contributed by atoms with Gasteiger partial charge in [0.15, 0.2) is 5.58 Å². The molecule has 0 amide bonds. The molecule has 3 nitrogen and oxygen atoms in total. The molecule has 12 aromatic rings. The molecule has 0 saturated carbocycles. The van der Waals surface area contributed by atoms with Gasteiger partial charge in [0.05, 0.1) is 27.9 Å². The number of fused-ring (bicyclic) bond motifs is 13. The highest BCUT2D eigenvalue weighted by molar-refractivity contribution is 7.25. The Bertz CT molecular complexity index is 3460. The van der Waals surface area contributed by atoms with Crippen molar-refractivity contribution < 1.29 is 4.42 Å². The van der Waals surface area contributed by atoms with Crippen molar-refractivity contribution in [3.63, 3.8) is 0 Å². The molecule has 0 fully saturated rings. The van der Waals surface area contributed by atoms with Gasteiger partial charge in [0, 0.05) is 63.4 Å². The van der Waals surface area contributed by atoms with Crippen LogP contribution in [0.5, 0.6) is 0 Å². The standard InChI is InChI=1S/C49H28N2OS/c1-2-12-29(13-3-1)48-38-28-42(49-47(35-17-6-10-20-43(35)52-49)46(38)34-16-4-8-18-39(34)50-48)51-40-19-9-5-14-32(40)36-26-30(22-24-41(36)51)31-23-25-45-37(27-31)33-15-7-11-21-44(33)53-45/h1-28H. The van der Waals surface area contributed by atoms with Gasteiger partial charge in [0.25, 0.3) is 0 Å². The van der Waals surface area contributed by atoms with Crippen LogP contribution in [0.4, 0.5) is 0 Å². The molecule has 0 atom stereocenters. The van der Waals surface area contributed by atoms with Crippen LogP contribution >= 0.6 is 11.3 Å². The minimum atomic E-state index is 0.871. The Labute approximate surface area is 307 Å². The number of hydrogen-bond acceptors (Lipinski definition) is 3. The Morgan fingerprint density at radius 2 is 1.09 bits per heavy atom. The average Bonchev–Trinajstić information content (AvgIpc) is 3.90. The zero-order chi connectivity index (χ0) is 34.6. The monoisotopic (exact) mass is 692 g/mol. The summed E-state index contributed by atoms with van der Waals surface area (Å²) in [6, 6.07) is 61.1. The quantitative estimate of drug-likeness (QED) is 0.173. The van der Waals surface area contributed by atoms with Crippen molar-refractivity contribution in [1.82, 2.24) is 9.55 Å². The number of hydrogen-bond donors (Lipinski definition) is 0. The highest BCUT2D eigenvalue weighted by Crippen LogP contribution is 2.46. The lowest BCUT2D eigenvalue weighted by molar-refractivity contribution is 0.666. The third kappa shape index (κ3) is 4.12. The molecule has 0 aliphatic heterocycles. The summed E-state index contributed by atoms with van der Waals surface area (Å²) in [6.07, 6.45) is 0. The Hall–Kier alpha value is -6.75. The Morgan fingerprint density at radius 3 is 1.98 bits per heavy atom. The maximum atomic E-state index is 6.93. The van der Waals surface area contributed by atoms with Crippen molar-refractivity contribution >= 4 is 96.9 Å². The van der Waals surface area contributed by atoms with Crippen molar-refractivity contribution in [3.05, 3.63) is 170 Å². The van der Waals surface area contributed by atoms with Crippen molar-refractivity contribution in [2.24, 2.45) is 0 Å². The fourth-order valence-corrected chi connectivity index (χ4v) is 9.70. The van der Waals surface area contributed by atoms with Crippen LogP contribution in [-0.2, 0) is 0 Å². The molecule has 53 heavy (non-hydrogen) atoms. The number of nitrogens with zero attached hydrogens (tertiary/aromatic N) is 2. The summed E-state index contributed by atoms with van der Waals surface area (Å²) in [5.41, 5.74) is 10.5. The smallest absolute Gasteiger partial charge is 0.160 e. The van der Waals surface area contributed by atoms with Crippen LogP contribution in [0.2, 0.25) is 0 Å². The number of thiophene rings is 1. The molecule has 0 aliphatic rings. The molecule has 0 spiro atoms. The van der Waals surface area contributed by atoms with Gasteiger partial charge in [0.2, 0.25) is 0 Å². The first-order valence-electron chi connectivity index (χ1n) is 18.0. The summed E-state index contributed by atoms with van der Waals surface area (Å²) in [5.74, 6) is 0. The lowest BCUT2D eigenvalue weighted by atomic mass is 9.95. The van der Waals surface area contributed by atoms with Crippen LogP contribution in [0, 0.1) is 0 Å². The van der Waals surface area contributed by atoms with Gasteiger partial charge in [-0.15, -0.1) is 11.3 Å². The number of benzene rings is 8. The van der Waals surface area contributed by atoms with E-state index in [-0.39, 0.29) is 0 Å². The predicted octanol–water partition coefficient (Wildman–Crippen LogP) is 14.1. The minimum absolute atomic E-state index is 0.871. The number of pyridine rings is 1. The maximum absolute atomic E-state index is 6.93. The molecule has 8 aromatic carbocycles. The number of para-hydroxylation sites is 3. The summed E-state index contributed by atoms with van der Waals surface area (Å²) in [6.45, 7) is 0. The van der Waals surface area contributed by atoms with Gasteiger partial charge in [0.1, 0.15) is 5.58 Å². The molecule has 0 aliphatic carbocycles. The highest BCUT2D eigenvalue weighted by atomic mass is 32.1. The molecule has 0 bridgehead atoms. The molecule has 0 radical (unpaired) electrons. The van der Waals surface area contributed by atoms with Gasteiger partial charge in [-0.3, -0.25) is 0 Å². The Morgan fingerprint density at radius 1 is 0.434 bits per heavy atom. The van der Waals surface area contributed by atoms with E-state index in [0.29, 0.717) is 0 Å². The Balaban J connectivity index is 1.19. The van der Waals surface area contributed by atoms with E-state index in [9.17, 15) is 0 Å². The highest BCUT2D eigenvalue weighted by Gasteiger charge is 2.23. The summed E-state index contributed by atoms with van der Waals surface area (Å²) >= 11 is 1.86. The van der Waals surface area contributed by atoms with Crippen molar-refractivity contribution in [2.45, 2.75) is 0 Å². The van der Waals surface area contributed by atoms with Crippen molar-refractivity contribution in [2.75, 3.05) is 0 Å². The molecule has 0 unspecified atom stereocenters. The van der Waals surface area contributed by atoms with E-state index in [1.54, 1.807) is 0 Å². The lowest BCUT2D eigenvalue weighted by Gasteiger charge is -2.15. The van der Waals surface area contributed by atoms with Crippen LogP contribution < -0.4 is 0 Å². The first-order valence-corrected chi connectivity index (χ1v) is 18.8. The van der Waals surface area contributed by atoms with E-state index >= 15 is 0 Å². The second-order valence-corrected chi connectivity index (χ2v) is 14.9. The largest absolute Gasteiger partial charge is 0.454 e. The molecule has 4 heterocycles. The normalized spacial score (nSPS) is 12.2. The predicted molar refractivity (Wildman–Crippen MR) is 225 cm³/mol. The van der Waals surface area contributed by atoms with E-state index in [4.69, 9.17) is 9.40 Å². The second kappa shape index (κ2) is 10.9. The van der Waals surface area contributed by atoms with E-state index in [1.165, 1.54) is 42.1 Å². The van der Waals surface area contributed by atoms with Crippen LogP contribution in [-0.4, -0.2) is 9.55 Å². The fraction of sp³-hybridized carbons (Fsp3) is 0. The van der Waals surface area contributed by atoms with Crippen LogP contribution in [0.1, 0.15) is 0 Å². The number of rotatable bonds is 3.